The van der Waals surface area contributed by atoms with E-state index in [1.54, 1.807) is 18.2 Å². The Morgan fingerprint density at radius 1 is 1.26 bits per heavy atom. The minimum Gasteiger partial charge on any atom is -0.384 e. The summed E-state index contributed by atoms with van der Waals surface area (Å²) < 4.78 is 1.60. The van der Waals surface area contributed by atoms with Crippen LogP contribution in [0, 0.1) is 6.92 Å². The Morgan fingerprint density at radius 3 is 2.47 bits per heavy atom. The van der Waals surface area contributed by atoms with E-state index in [2.05, 4.69) is 42.2 Å². The van der Waals surface area contributed by atoms with Crippen molar-refractivity contribution in [3.05, 3.63) is 50.5 Å². The number of nitrogens with two attached hydrogens (primary N) is 1. The number of nitrogen functional groups attached to an aromatic ring is 1. The summed E-state index contributed by atoms with van der Waals surface area (Å²) in [6.45, 7) is 1.97. The van der Waals surface area contributed by atoms with Crippen molar-refractivity contribution in [1.82, 2.24) is 4.98 Å². The molecule has 0 fully saturated rings. The van der Waals surface area contributed by atoms with E-state index in [0.29, 0.717) is 11.5 Å². The molecule has 0 unspecified atom stereocenters. The Morgan fingerprint density at radius 2 is 1.89 bits per heavy atom. The van der Waals surface area contributed by atoms with Gasteiger partial charge in [0.1, 0.15) is 11.5 Å². The number of nitrogens with one attached hydrogen (secondary N) is 1. The summed E-state index contributed by atoms with van der Waals surface area (Å²) in [6.07, 6.45) is 0. The lowest BCUT2D eigenvalue weighted by Gasteiger charge is -2.10. The monoisotopic (exact) mass is 383 g/mol. The molecule has 0 saturated carbocycles. The topological polar surface area (TPSA) is 68.0 Å². The molecule has 3 N–H and O–H groups in total. The number of aromatic nitrogens is 1. The fourth-order valence-electron chi connectivity index (χ4n) is 1.57. The van der Waals surface area contributed by atoms with Gasteiger partial charge >= 0.3 is 0 Å². The number of amides is 1. The number of pyridine rings is 1. The largest absolute Gasteiger partial charge is 0.384 e. The molecule has 1 aromatic heterocycles. The van der Waals surface area contributed by atoms with Gasteiger partial charge < -0.3 is 11.1 Å². The highest BCUT2D eigenvalue weighted by Crippen LogP contribution is 2.32. The minimum absolute atomic E-state index is 0.277. The summed E-state index contributed by atoms with van der Waals surface area (Å²) >= 11 is 6.85. The van der Waals surface area contributed by atoms with Gasteiger partial charge in [-0.1, -0.05) is 6.07 Å². The van der Waals surface area contributed by atoms with Gasteiger partial charge in [0.05, 0.1) is 5.69 Å². The highest BCUT2D eigenvalue weighted by Gasteiger charge is 2.12. The van der Waals surface area contributed by atoms with Gasteiger partial charge in [-0.25, -0.2) is 4.98 Å². The molecule has 0 atom stereocenters. The number of rotatable bonds is 2. The van der Waals surface area contributed by atoms with Gasteiger partial charge in [0.2, 0.25) is 0 Å². The van der Waals surface area contributed by atoms with Crippen LogP contribution in [0.4, 0.5) is 11.5 Å². The van der Waals surface area contributed by atoms with Crippen molar-refractivity contribution in [2.45, 2.75) is 6.92 Å². The summed E-state index contributed by atoms with van der Waals surface area (Å²) in [7, 11) is 0. The fraction of sp³-hybridized carbons (Fsp3) is 0.0769. The molecule has 0 saturated heterocycles. The maximum absolute atomic E-state index is 12.1. The lowest BCUT2D eigenvalue weighted by molar-refractivity contribution is 0.102. The standard InChI is InChI=1S/C13H11Br2N3O/c1-7-5-8(14)12(9(15)6-7)18-13(19)10-3-2-4-11(16)17-10/h2-6H,1H3,(H2,16,17)(H,18,19). The van der Waals surface area contributed by atoms with E-state index < -0.39 is 0 Å². The first kappa shape index (κ1) is 14.0. The summed E-state index contributed by atoms with van der Waals surface area (Å²) in [4.78, 5) is 16.1. The second-order valence-corrected chi connectivity index (χ2v) is 5.71. The van der Waals surface area contributed by atoms with E-state index in [4.69, 9.17) is 5.73 Å². The minimum atomic E-state index is -0.308. The Bertz CT molecular complexity index is 621. The van der Waals surface area contributed by atoms with Gasteiger partial charge in [-0.3, -0.25) is 4.79 Å². The molecule has 0 radical (unpaired) electrons. The molecule has 1 aromatic carbocycles. The van der Waals surface area contributed by atoms with Crippen molar-refractivity contribution in [2.24, 2.45) is 0 Å². The number of carbonyl (C=O) groups is 1. The smallest absolute Gasteiger partial charge is 0.274 e. The Kier molecular flexibility index (Phi) is 4.21. The molecule has 19 heavy (non-hydrogen) atoms. The molecule has 2 aromatic rings. The number of hydrogen-bond acceptors (Lipinski definition) is 3. The third-order valence-corrected chi connectivity index (χ3v) is 3.68. The Labute approximate surface area is 127 Å². The average Bonchev–Trinajstić information content (AvgIpc) is 2.33. The number of hydrogen-bond donors (Lipinski definition) is 2. The van der Waals surface area contributed by atoms with Gasteiger partial charge in [0.25, 0.3) is 5.91 Å². The molecular formula is C13H11Br2N3O. The van der Waals surface area contributed by atoms with E-state index >= 15 is 0 Å². The molecule has 4 nitrogen and oxygen atoms in total. The van der Waals surface area contributed by atoms with Crippen molar-refractivity contribution in [1.29, 1.82) is 0 Å². The third kappa shape index (κ3) is 3.33. The van der Waals surface area contributed by atoms with Crippen LogP contribution in [-0.4, -0.2) is 10.9 Å². The first-order valence-electron chi connectivity index (χ1n) is 5.47. The van der Waals surface area contributed by atoms with Gasteiger partial charge in [-0.15, -0.1) is 0 Å². The number of anilines is 2. The van der Waals surface area contributed by atoms with E-state index in [1.807, 2.05) is 19.1 Å². The predicted octanol–water partition coefficient (Wildman–Crippen LogP) is 3.75. The van der Waals surface area contributed by atoms with E-state index in [-0.39, 0.29) is 11.6 Å². The van der Waals surface area contributed by atoms with Crippen molar-refractivity contribution in [3.8, 4) is 0 Å². The molecule has 0 aliphatic carbocycles. The van der Waals surface area contributed by atoms with Crippen molar-refractivity contribution >= 4 is 49.3 Å². The van der Waals surface area contributed by atoms with Crippen LogP contribution in [0.5, 0.6) is 0 Å². The predicted molar refractivity (Wildman–Crippen MR) is 83.2 cm³/mol. The zero-order valence-electron chi connectivity index (χ0n) is 10.1. The van der Waals surface area contributed by atoms with Gasteiger partial charge in [-0.2, -0.15) is 0 Å². The first-order chi connectivity index (χ1) is 8.97. The summed E-state index contributed by atoms with van der Waals surface area (Å²) in [5, 5.41) is 2.80. The zero-order valence-corrected chi connectivity index (χ0v) is 13.2. The number of halogens is 2. The van der Waals surface area contributed by atoms with Crippen LogP contribution in [0.15, 0.2) is 39.3 Å². The van der Waals surface area contributed by atoms with Crippen molar-refractivity contribution in [2.75, 3.05) is 11.1 Å². The fourth-order valence-corrected chi connectivity index (χ4v) is 3.19. The maximum Gasteiger partial charge on any atom is 0.274 e. The summed E-state index contributed by atoms with van der Waals surface area (Å²) in [5.41, 5.74) is 7.59. The lowest BCUT2D eigenvalue weighted by atomic mass is 10.2. The molecule has 1 amide bonds. The molecule has 0 aliphatic heterocycles. The van der Waals surface area contributed by atoms with Gasteiger partial charge in [0.15, 0.2) is 0 Å². The second-order valence-electron chi connectivity index (χ2n) is 4.01. The van der Waals surface area contributed by atoms with Crippen molar-refractivity contribution in [3.63, 3.8) is 0 Å². The van der Waals surface area contributed by atoms with Crippen LogP contribution in [0.3, 0.4) is 0 Å². The van der Waals surface area contributed by atoms with Crippen LogP contribution in [0.2, 0.25) is 0 Å². The molecule has 2 rings (SSSR count). The van der Waals surface area contributed by atoms with Crippen LogP contribution < -0.4 is 11.1 Å². The molecule has 1 heterocycles. The first-order valence-corrected chi connectivity index (χ1v) is 7.05. The SMILES string of the molecule is Cc1cc(Br)c(NC(=O)c2cccc(N)n2)c(Br)c1. The highest BCUT2D eigenvalue weighted by atomic mass is 79.9. The van der Waals surface area contributed by atoms with Crippen LogP contribution in [0.25, 0.3) is 0 Å². The molecule has 0 bridgehead atoms. The Hall–Kier alpha value is -1.40. The molecule has 98 valence electrons. The van der Waals surface area contributed by atoms with Gasteiger partial charge in [-0.05, 0) is 68.6 Å². The zero-order chi connectivity index (χ0) is 14.0. The van der Waals surface area contributed by atoms with Crippen molar-refractivity contribution < 1.29 is 4.79 Å². The number of carbonyl (C=O) groups excluding carboxylic acids is 1. The summed E-state index contributed by atoms with van der Waals surface area (Å²) in [5.74, 6) is 0.00670. The van der Waals surface area contributed by atoms with Crippen LogP contribution in [0.1, 0.15) is 16.1 Å². The summed E-state index contributed by atoms with van der Waals surface area (Å²) in [6, 6.07) is 8.78. The number of nitrogens with zero attached hydrogens (tertiary/aromatic N) is 1. The van der Waals surface area contributed by atoms with Crippen LogP contribution in [-0.2, 0) is 0 Å². The lowest BCUT2D eigenvalue weighted by Crippen LogP contribution is -2.15. The van der Waals surface area contributed by atoms with Gasteiger partial charge in [0, 0.05) is 8.95 Å². The normalized spacial score (nSPS) is 10.3. The van der Waals surface area contributed by atoms with E-state index in [9.17, 15) is 4.79 Å². The number of aryl methyl sites for hydroxylation is 1. The maximum atomic E-state index is 12.1. The molecule has 6 heteroatoms. The van der Waals surface area contributed by atoms with E-state index in [1.165, 1.54) is 0 Å². The Balaban J connectivity index is 2.29. The third-order valence-electron chi connectivity index (χ3n) is 2.43. The molecular weight excluding hydrogens is 374 g/mol. The van der Waals surface area contributed by atoms with Crippen LogP contribution >= 0.6 is 31.9 Å². The highest BCUT2D eigenvalue weighted by molar-refractivity contribution is 9.11. The van der Waals surface area contributed by atoms with E-state index in [0.717, 1.165) is 14.5 Å². The molecule has 0 aliphatic rings. The molecule has 0 spiro atoms. The quantitative estimate of drug-likeness (QED) is 0.828. The second kappa shape index (κ2) is 5.71. The average molecular weight is 385 g/mol. The number of benzene rings is 1.